The number of aryl methyl sites for hydroxylation is 2. The van der Waals surface area contributed by atoms with Crippen LogP contribution in [0.2, 0.25) is 0 Å². The van der Waals surface area contributed by atoms with Crippen molar-refractivity contribution in [3.8, 4) is 5.75 Å². The molecule has 0 aromatic heterocycles. The van der Waals surface area contributed by atoms with E-state index in [0.717, 1.165) is 31.7 Å². The lowest BCUT2D eigenvalue weighted by atomic mass is 10.1. The molecule has 1 fully saturated rings. The molecule has 0 unspecified atom stereocenters. The fourth-order valence-electron chi connectivity index (χ4n) is 2.19. The minimum atomic E-state index is 0.411. The molecule has 1 heterocycles. The van der Waals surface area contributed by atoms with Crippen LogP contribution in [0, 0.1) is 13.8 Å². The summed E-state index contributed by atoms with van der Waals surface area (Å²) >= 11 is 0. The van der Waals surface area contributed by atoms with Gasteiger partial charge in [-0.05, 0) is 57.0 Å². The van der Waals surface area contributed by atoms with Gasteiger partial charge in [0.2, 0.25) is 0 Å². The zero-order valence-corrected chi connectivity index (χ0v) is 11.4. The molecule has 1 aromatic carbocycles. The molecule has 0 radical (unpaired) electrons. The molecule has 100 valence electrons. The second-order valence-electron chi connectivity index (χ2n) is 4.94. The largest absolute Gasteiger partial charge is 0.491 e. The Morgan fingerprint density at radius 1 is 1.17 bits per heavy atom. The molecule has 0 aliphatic carbocycles. The average Bonchev–Trinajstić information content (AvgIpc) is 2.40. The van der Waals surface area contributed by atoms with Crippen LogP contribution in [-0.2, 0) is 4.74 Å². The van der Waals surface area contributed by atoms with Crippen LogP contribution in [0.1, 0.15) is 24.0 Å². The number of nitrogens with one attached hydrogen (secondary N) is 1. The first-order valence-electron chi connectivity index (χ1n) is 6.78. The van der Waals surface area contributed by atoms with Gasteiger partial charge in [-0.2, -0.15) is 0 Å². The van der Waals surface area contributed by atoms with E-state index in [1.54, 1.807) is 0 Å². The van der Waals surface area contributed by atoms with Crippen molar-refractivity contribution in [2.75, 3.05) is 26.3 Å². The Labute approximate surface area is 109 Å². The van der Waals surface area contributed by atoms with E-state index in [9.17, 15) is 0 Å². The molecule has 1 aromatic rings. The quantitative estimate of drug-likeness (QED) is 0.813. The number of rotatable bonds is 5. The summed E-state index contributed by atoms with van der Waals surface area (Å²) in [7, 11) is 0. The van der Waals surface area contributed by atoms with Gasteiger partial charge in [-0.25, -0.2) is 0 Å². The molecular formula is C15H23NO2. The van der Waals surface area contributed by atoms with Crippen LogP contribution in [0.5, 0.6) is 5.75 Å². The summed E-state index contributed by atoms with van der Waals surface area (Å²) < 4.78 is 11.6. The first-order chi connectivity index (χ1) is 8.75. The molecule has 1 aliphatic heterocycles. The van der Waals surface area contributed by atoms with E-state index in [1.807, 2.05) is 0 Å². The zero-order valence-electron chi connectivity index (χ0n) is 11.4. The van der Waals surface area contributed by atoms with Crippen molar-refractivity contribution in [1.29, 1.82) is 0 Å². The summed E-state index contributed by atoms with van der Waals surface area (Å²) in [6, 6.07) is 6.28. The molecule has 2 rings (SSSR count). The third-order valence-electron chi connectivity index (χ3n) is 3.32. The Morgan fingerprint density at radius 3 is 2.72 bits per heavy atom. The molecule has 3 heteroatoms. The van der Waals surface area contributed by atoms with Crippen LogP contribution in [0.25, 0.3) is 0 Å². The molecule has 1 saturated heterocycles. The summed E-state index contributed by atoms with van der Waals surface area (Å²) in [5.74, 6) is 0.976. The number of piperidine rings is 1. The van der Waals surface area contributed by atoms with Gasteiger partial charge in [-0.1, -0.05) is 12.1 Å². The summed E-state index contributed by atoms with van der Waals surface area (Å²) in [6.07, 6.45) is 2.64. The summed E-state index contributed by atoms with van der Waals surface area (Å²) in [6.45, 7) is 7.61. The second kappa shape index (κ2) is 6.76. The topological polar surface area (TPSA) is 30.5 Å². The third kappa shape index (κ3) is 4.00. The molecule has 0 bridgehead atoms. The van der Waals surface area contributed by atoms with Gasteiger partial charge in [0.05, 0.1) is 12.7 Å². The standard InChI is InChI=1S/C15H23NO2/c1-12-3-4-13(2)15(11-12)18-10-9-17-14-5-7-16-8-6-14/h3-4,11,14,16H,5-10H2,1-2H3. The lowest BCUT2D eigenvalue weighted by Crippen LogP contribution is -2.33. The minimum absolute atomic E-state index is 0.411. The molecule has 18 heavy (non-hydrogen) atoms. The molecule has 0 spiro atoms. The van der Waals surface area contributed by atoms with Gasteiger partial charge < -0.3 is 14.8 Å². The highest BCUT2D eigenvalue weighted by atomic mass is 16.5. The third-order valence-corrected chi connectivity index (χ3v) is 3.32. The summed E-state index contributed by atoms with van der Waals surface area (Å²) in [4.78, 5) is 0. The molecular weight excluding hydrogens is 226 g/mol. The Balaban J connectivity index is 1.69. The van der Waals surface area contributed by atoms with Crippen molar-refractivity contribution in [2.45, 2.75) is 32.8 Å². The van der Waals surface area contributed by atoms with E-state index in [2.05, 4.69) is 37.4 Å². The van der Waals surface area contributed by atoms with Gasteiger partial charge in [0.25, 0.3) is 0 Å². The van der Waals surface area contributed by atoms with Crippen molar-refractivity contribution >= 4 is 0 Å². The highest BCUT2D eigenvalue weighted by Gasteiger charge is 2.12. The van der Waals surface area contributed by atoms with E-state index in [1.165, 1.54) is 11.1 Å². The Kier molecular flexibility index (Phi) is 5.02. The summed E-state index contributed by atoms with van der Waals surface area (Å²) in [5.41, 5.74) is 2.41. The van der Waals surface area contributed by atoms with Crippen molar-refractivity contribution in [1.82, 2.24) is 5.32 Å². The monoisotopic (exact) mass is 249 g/mol. The van der Waals surface area contributed by atoms with Crippen molar-refractivity contribution in [3.05, 3.63) is 29.3 Å². The van der Waals surface area contributed by atoms with Crippen molar-refractivity contribution in [2.24, 2.45) is 0 Å². The Bertz CT molecular complexity index is 373. The van der Waals surface area contributed by atoms with Gasteiger partial charge in [-0.3, -0.25) is 0 Å². The highest BCUT2D eigenvalue weighted by Crippen LogP contribution is 2.19. The molecule has 3 nitrogen and oxygen atoms in total. The maximum Gasteiger partial charge on any atom is 0.122 e. The number of benzene rings is 1. The van der Waals surface area contributed by atoms with Gasteiger partial charge in [0.15, 0.2) is 0 Å². The second-order valence-corrected chi connectivity index (χ2v) is 4.94. The maximum atomic E-state index is 5.81. The Hall–Kier alpha value is -1.06. The van der Waals surface area contributed by atoms with Crippen LogP contribution in [-0.4, -0.2) is 32.4 Å². The smallest absolute Gasteiger partial charge is 0.122 e. The summed E-state index contributed by atoms with van der Waals surface area (Å²) in [5, 5.41) is 3.33. The van der Waals surface area contributed by atoms with E-state index in [-0.39, 0.29) is 0 Å². The maximum absolute atomic E-state index is 5.81. The van der Waals surface area contributed by atoms with Crippen LogP contribution in [0.4, 0.5) is 0 Å². The number of hydrogen-bond acceptors (Lipinski definition) is 3. The van der Waals surface area contributed by atoms with Crippen LogP contribution < -0.4 is 10.1 Å². The van der Waals surface area contributed by atoms with Crippen LogP contribution in [0.3, 0.4) is 0 Å². The fraction of sp³-hybridized carbons (Fsp3) is 0.600. The van der Waals surface area contributed by atoms with Gasteiger partial charge in [-0.15, -0.1) is 0 Å². The predicted molar refractivity (Wildman–Crippen MR) is 73.3 cm³/mol. The van der Waals surface area contributed by atoms with E-state index < -0.39 is 0 Å². The first kappa shape index (κ1) is 13.4. The molecule has 0 atom stereocenters. The lowest BCUT2D eigenvalue weighted by molar-refractivity contribution is 0.0167. The van der Waals surface area contributed by atoms with Gasteiger partial charge in [0, 0.05) is 0 Å². The van der Waals surface area contributed by atoms with Crippen LogP contribution >= 0.6 is 0 Å². The van der Waals surface area contributed by atoms with Crippen LogP contribution in [0.15, 0.2) is 18.2 Å². The molecule has 1 aliphatic rings. The van der Waals surface area contributed by atoms with E-state index >= 15 is 0 Å². The molecule has 0 amide bonds. The molecule has 1 N–H and O–H groups in total. The first-order valence-corrected chi connectivity index (χ1v) is 6.78. The fourth-order valence-corrected chi connectivity index (χ4v) is 2.19. The normalized spacial score (nSPS) is 16.8. The SMILES string of the molecule is Cc1ccc(C)c(OCCOC2CCNCC2)c1. The van der Waals surface area contributed by atoms with E-state index in [4.69, 9.17) is 9.47 Å². The lowest BCUT2D eigenvalue weighted by Gasteiger charge is -2.23. The minimum Gasteiger partial charge on any atom is -0.491 e. The predicted octanol–water partition coefficient (Wildman–Crippen LogP) is 2.45. The zero-order chi connectivity index (χ0) is 12.8. The Morgan fingerprint density at radius 2 is 1.94 bits per heavy atom. The van der Waals surface area contributed by atoms with Gasteiger partial charge >= 0.3 is 0 Å². The van der Waals surface area contributed by atoms with Crippen molar-refractivity contribution < 1.29 is 9.47 Å². The average molecular weight is 249 g/mol. The molecule has 0 saturated carbocycles. The van der Waals surface area contributed by atoms with E-state index in [0.29, 0.717) is 19.3 Å². The highest BCUT2D eigenvalue weighted by molar-refractivity contribution is 5.35. The van der Waals surface area contributed by atoms with Gasteiger partial charge in [0.1, 0.15) is 12.4 Å². The van der Waals surface area contributed by atoms with Crippen molar-refractivity contribution in [3.63, 3.8) is 0 Å². The number of ether oxygens (including phenoxy) is 2. The number of hydrogen-bond donors (Lipinski definition) is 1.